The summed E-state index contributed by atoms with van der Waals surface area (Å²) >= 11 is 0. The standard InChI is InChI=1S/C16H22N4O2.C2H6O.C2H6/c1-11(6-5-7-17)14(10-18)20(19)13-8-12(2)16(22-4)15(9-13)21-3;1-3-2;1-2/h5-10,17H,1,18-19H2,2-4H3;1-2H3;1-2H3/b6-5-,14-10-,17-7?;;. The molecule has 7 heteroatoms. The minimum Gasteiger partial charge on any atom is -0.493 e. The predicted molar refractivity (Wildman–Crippen MR) is 115 cm³/mol. The minimum atomic E-state index is 0.518. The number of allylic oxidation sites excluding steroid dienone is 2. The van der Waals surface area contributed by atoms with Crippen molar-refractivity contribution in [3.8, 4) is 11.5 Å². The third-order valence-corrected chi connectivity index (χ3v) is 3.07. The Bertz CT molecular complexity index is 640. The van der Waals surface area contributed by atoms with Gasteiger partial charge in [-0.15, -0.1) is 0 Å². The van der Waals surface area contributed by atoms with E-state index in [-0.39, 0.29) is 0 Å². The summed E-state index contributed by atoms with van der Waals surface area (Å²) in [6, 6.07) is 3.61. The number of benzene rings is 1. The maximum Gasteiger partial charge on any atom is 0.163 e. The van der Waals surface area contributed by atoms with Crippen LogP contribution in [0.2, 0.25) is 0 Å². The topological polar surface area (TPSA) is 107 Å². The lowest BCUT2D eigenvalue weighted by atomic mass is 10.1. The van der Waals surface area contributed by atoms with Crippen LogP contribution >= 0.6 is 0 Å². The van der Waals surface area contributed by atoms with E-state index in [1.165, 1.54) is 11.2 Å². The maximum absolute atomic E-state index is 7.01. The highest BCUT2D eigenvalue weighted by Crippen LogP contribution is 2.36. The molecule has 0 spiro atoms. The van der Waals surface area contributed by atoms with Crippen LogP contribution in [0.25, 0.3) is 0 Å². The van der Waals surface area contributed by atoms with Crippen molar-refractivity contribution < 1.29 is 14.2 Å². The van der Waals surface area contributed by atoms with Crippen LogP contribution in [0.5, 0.6) is 11.5 Å². The highest BCUT2D eigenvalue weighted by atomic mass is 16.5. The summed E-state index contributed by atoms with van der Waals surface area (Å²) in [6.45, 7) is 9.79. The van der Waals surface area contributed by atoms with E-state index in [0.29, 0.717) is 28.5 Å². The second-order valence-corrected chi connectivity index (χ2v) is 4.88. The maximum atomic E-state index is 7.01. The quantitative estimate of drug-likeness (QED) is 0.290. The molecule has 0 bridgehead atoms. The van der Waals surface area contributed by atoms with Gasteiger partial charge >= 0.3 is 0 Å². The average Bonchev–Trinajstić information content (AvgIpc) is 2.68. The van der Waals surface area contributed by atoms with Crippen LogP contribution in [0.3, 0.4) is 0 Å². The van der Waals surface area contributed by atoms with Crippen LogP contribution in [-0.4, -0.2) is 34.7 Å². The summed E-state index contributed by atoms with van der Waals surface area (Å²) in [4.78, 5) is 0. The number of nitrogens with two attached hydrogens (primary N) is 2. The molecule has 0 fully saturated rings. The molecule has 0 heterocycles. The van der Waals surface area contributed by atoms with Gasteiger partial charge in [0.05, 0.1) is 25.6 Å². The summed E-state index contributed by atoms with van der Waals surface area (Å²) in [5.41, 5.74) is 8.32. The van der Waals surface area contributed by atoms with Gasteiger partial charge in [0, 0.05) is 32.7 Å². The van der Waals surface area contributed by atoms with Gasteiger partial charge in [0.2, 0.25) is 0 Å². The van der Waals surface area contributed by atoms with Gasteiger partial charge in [0.1, 0.15) is 0 Å². The number of hydrazine groups is 1. The molecule has 0 aliphatic rings. The fourth-order valence-corrected chi connectivity index (χ4v) is 2.01. The first-order chi connectivity index (χ1) is 12.9. The highest BCUT2D eigenvalue weighted by molar-refractivity contribution is 5.70. The summed E-state index contributed by atoms with van der Waals surface area (Å²) in [6.07, 6.45) is 5.71. The Kier molecular flexibility index (Phi) is 15.2. The number of hydrogen-bond acceptors (Lipinski definition) is 7. The second-order valence-electron chi connectivity index (χ2n) is 4.88. The lowest BCUT2D eigenvalue weighted by molar-refractivity contribution is 0.277. The molecule has 1 aromatic rings. The van der Waals surface area contributed by atoms with E-state index in [9.17, 15) is 0 Å². The molecule has 0 aromatic heterocycles. The number of nitrogens with zero attached hydrogens (tertiary/aromatic N) is 1. The molecule has 0 aliphatic carbocycles. The van der Waals surface area contributed by atoms with Crippen molar-refractivity contribution in [1.82, 2.24) is 0 Å². The zero-order valence-electron chi connectivity index (χ0n) is 17.5. The van der Waals surface area contributed by atoms with Crippen molar-refractivity contribution in [2.45, 2.75) is 20.8 Å². The second kappa shape index (κ2) is 15.5. The number of methoxy groups -OCH3 is 3. The fraction of sp³-hybridized carbons (Fsp3) is 0.350. The average molecular weight is 379 g/mol. The Morgan fingerprint density at radius 2 is 1.70 bits per heavy atom. The largest absolute Gasteiger partial charge is 0.493 e. The molecule has 0 atom stereocenters. The summed E-state index contributed by atoms with van der Waals surface area (Å²) < 4.78 is 14.9. The molecule has 0 saturated heterocycles. The monoisotopic (exact) mass is 378 g/mol. The van der Waals surface area contributed by atoms with Gasteiger partial charge < -0.3 is 25.4 Å². The Morgan fingerprint density at radius 3 is 2.11 bits per heavy atom. The van der Waals surface area contributed by atoms with E-state index < -0.39 is 0 Å². The molecule has 0 aliphatic heterocycles. The lowest BCUT2D eigenvalue weighted by Crippen LogP contribution is -2.31. The van der Waals surface area contributed by atoms with E-state index in [1.54, 1.807) is 46.7 Å². The Balaban J connectivity index is 0. The zero-order valence-corrected chi connectivity index (χ0v) is 17.5. The Morgan fingerprint density at radius 1 is 1.15 bits per heavy atom. The molecule has 7 nitrogen and oxygen atoms in total. The number of aryl methyl sites for hydroxylation is 1. The van der Waals surface area contributed by atoms with Crippen molar-refractivity contribution in [1.29, 1.82) is 5.41 Å². The SMILES string of the molecule is C=C(/C=C\C=N)/C(=C/N)N(N)c1cc(C)c(OC)c(OC)c1.CC.COC. The predicted octanol–water partition coefficient (Wildman–Crippen LogP) is 3.54. The van der Waals surface area contributed by atoms with E-state index in [4.69, 9.17) is 26.5 Å². The van der Waals surface area contributed by atoms with Gasteiger partial charge in [-0.1, -0.05) is 26.5 Å². The normalized spacial score (nSPS) is 10.1. The molecule has 0 radical (unpaired) electrons. The molecule has 5 N–H and O–H groups in total. The number of anilines is 1. The molecule has 1 aromatic carbocycles. The van der Waals surface area contributed by atoms with Crippen LogP contribution in [-0.2, 0) is 4.74 Å². The van der Waals surface area contributed by atoms with Gasteiger partial charge in [-0.2, -0.15) is 0 Å². The van der Waals surface area contributed by atoms with Crippen LogP contribution in [0, 0.1) is 12.3 Å². The number of ether oxygens (including phenoxy) is 3. The van der Waals surface area contributed by atoms with Gasteiger partial charge in [0.25, 0.3) is 0 Å². The molecular formula is C20H34N4O3. The van der Waals surface area contributed by atoms with Crippen LogP contribution < -0.4 is 26.1 Å². The molecule has 1 rings (SSSR count). The van der Waals surface area contributed by atoms with Crippen LogP contribution in [0.15, 0.2) is 48.3 Å². The minimum absolute atomic E-state index is 0.518. The third-order valence-electron chi connectivity index (χ3n) is 3.07. The molecule has 27 heavy (non-hydrogen) atoms. The Labute approximate surface area is 163 Å². The molecule has 152 valence electrons. The number of rotatable bonds is 7. The summed E-state index contributed by atoms with van der Waals surface area (Å²) in [7, 11) is 6.40. The number of nitrogens with one attached hydrogen (secondary N) is 1. The fourth-order valence-electron chi connectivity index (χ4n) is 2.01. The van der Waals surface area contributed by atoms with Crippen molar-refractivity contribution >= 4 is 11.9 Å². The van der Waals surface area contributed by atoms with Crippen molar-refractivity contribution in [3.63, 3.8) is 0 Å². The van der Waals surface area contributed by atoms with E-state index in [0.717, 1.165) is 11.8 Å². The van der Waals surface area contributed by atoms with Gasteiger partial charge in [-0.3, -0.25) is 5.01 Å². The van der Waals surface area contributed by atoms with Crippen molar-refractivity contribution in [2.75, 3.05) is 33.4 Å². The molecule has 0 amide bonds. The Hall–Kier alpha value is -2.77. The van der Waals surface area contributed by atoms with Gasteiger partial charge in [0.15, 0.2) is 11.5 Å². The van der Waals surface area contributed by atoms with E-state index in [2.05, 4.69) is 11.3 Å². The van der Waals surface area contributed by atoms with Gasteiger partial charge in [-0.05, 0) is 30.2 Å². The number of hydrogen-bond donors (Lipinski definition) is 3. The summed E-state index contributed by atoms with van der Waals surface area (Å²) in [5.74, 6) is 7.37. The zero-order chi connectivity index (χ0) is 21.4. The van der Waals surface area contributed by atoms with Crippen LogP contribution in [0.4, 0.5) is 5.69 Å². The van der Waals surface area contributed by atoms with Crippen molar-refractivity contribution in [3.05, 3.63) is 53.9 Å². The first-order valence-corrected chi connectivity index (χ1v) is 8.37. The van der Waals surface area contributed by atoms with Gasteiger partial charge in [-0.25, -0.2) is 5.84 Å². The van der Waals surface area contributed by atoms with Crippen LogP contribution in [0.1, 0.15) is 19.4 Å². The molecule has 0 saturated carbocycles. The lowest BCUT2D eigenvalue weighted by Gasteiger charge is -2.24. The van der Waals surface area contributed by atoms with E-state index >= 15 is 0 Å². The molecule has 0 unspecified atom stereocenters. The third kappa shape index (κ3) is 8.44. The summed E-state index contributed by atoms with van der Waals surface area (Å²) in [5, 5.41) is 8.42. The van der Waals surface area contributed by atoms with E-state index in [1.807, 2.05) is 26.8 Å². The highest BCUT2D eigenvalue weighted by Gasteiger charge is 2.15. The smallest absolute Gasteiger partial charge is 0.163 e. The first-order valence-electron chi connectivity index (χ1n) is 8.37. The molecular weight excluding hydrogens is 344 g/mol. The van der Waals surface area contributed by atoms with Crippen molar-refractivity contribution in [2.24, 2.45) is 11.6 Å². The first kappa shape index (κ1) is 26.5.